The Labute approximate surface area is 118 Å². The first kappa shape index (κ1) is 13.2. The number of carbonyl (C=O) groups is 1. The fourth-order valence-corrected chi connectivity index (χ4v) is 3.31. The lowest BCUT2D eigenvalue weighted by atomic mass is 10.00. The molecule has 0 fully saturated rings. The van der Waals surface area contributed by atoms with Gasteiger partial charge in [0.25, 0.3) is 0 Å². The van der Waals surface area contributed by atoms with Crippen LogP contribution in [0, 0.1) is 13.8 Å². The van der Waals surface area contributed by atoms with Gasteiger partial charge in [0.15, 0.2) is 0 Å². The molecule has 4 heteroatoms. The number of hydrogen-bond donors (Lipinski definition) is 2. The third kappa shape index (κ3) is 2.00. The van der Waals surface area contributed by atoms with Crippen LogP contribution in [0.2, 0.25) is 0 Å². The van der Waals surface area contributed by atoms with E-state index in [0.29, 0.717) is 6.42 Å². The van der Waals surface area contributed by atoms with Crippen molar-refractivity contribution in [2.45, 2.75) is 39.8 Å². The highest BCUT2D eigenvalue weighted by Crippen LogP contribution is 2.33. The zero-order valence-corrected chi connectivity index (χ0v) is 12.0. The predicted octanol–water partition coefficient (Wildman–Crippen LogP) is 2.38. The predicted molar refractivity (Wildman–Crippen MR) is 79.1 cm³/mol. The Hall–Kier alpha value is -1.81. The molecule has 3 rings (SSSR count). The molecule has 1 aromatic carbocycles. The molecule has 0 aliphatic carbocycles. The zero-order chi connectivity index (χ0) is 14.3. The lowest BCUT2D eigenvalue weighted by Gasteiger charge is -2.19. The van der Waals surface area contributed by atoms with Gasteiger partial charge in [0.05, 0.1) is 5.52 Å². The number of fused-ring (bicyclic) bond motifs is 3. The van der Waals surface area contributed by atoms with Crippen molar-refractivity contribution < 1.29 is 9.90 Å². The van der Waals surface area contributed by atoms with Crippen LogP contribution >= 0.6 is 0 Å². The van der Waals surface area contributed by atoms with Crippen LogP contribution in [0.4, 0.5) is 0 Å². The molecule has 20 heavy (non-hydrogen) atoms. The molecular formula is C16H20N2O2. The number of carboxylic acid groups (broad SMARTS) is 1. The maximum Gasteiger partial charge on any atom is 0.303 e. The van der Waals surface area contributed by atoms with Crippen molar-refractivity contribution in [2.24, 2.45) is 0 Å². The summed E-state index contributed by atoms with van der Waals surface area (Å²) in [7, 11) is 0. The number of nitrogens with one attached hydrogen (secondary N) is 1. The number of aliphatic carboxylic acids is 1. The van der Waals surface area contributed by atoms with Crippen molar-refractivity contribution in [1.82, 2.24) is 9.88 Å². The Morgan fingerprint density at radius 1 is 1.35 bits per heavy atom. The van der Waals surface area contributed by atoms with E-state index in [1.807, 2.05) is 0 Å². The van der Waals surface area contributed by atoms with Crippen LogP contribution in [0.25, 0.3) is 10.9 Å². The number of rotatable bonds is 3. The molecule has 106 valence electrons. The van der Waals surface area contributed by atoms with Crippen LogP contribution in [-0.4, -0.2) is 22.2 Å². The summed E-state index contributed by atoms with van der Waals surface area (Å²) in [5.41, 5.74) is 6.30. The number of nitrogens with zero attached hydrogens (tertiary/aromatic N) is 1. The smallest absolute Gasteiger partial charge is 0.303 e. The van der Waals surface area contributed by atoms with E-state index in [2.05, 4.69) is 35.9 Å². The van der Waals surface area contributed by atoms with Crippen LogP contribution in [0.1, 0.15) is 28.8 Å². The van der Waals surface area contributed by atoms with Gasteiger partial charge in [-0.3, -0.25) is 4.79 Å². The molecule has 0 amide bonds. The van der Waals surface area contributed by atoms with E-state index in [1.54, 1.807) is 0 Å². The molecule has 0 bridgehead atoms. The minimum absolute atomic E-state index is 0.194. The molecule has 0 unspecified atom stereocenters. The van der Waals surface area contributed by atoms with Crippen molar-refractivity contribution >= 4 is 16.9 Å². The average molecular weight is 272 g/mol. The summed E-state index contributed by atoms with van der Waals surface area (Å²) in [5, 5.41) is 13.7. The molecule has 2 aromatic rings. The van der Waals surface area contributed by atoms with Gasteiger partial charge in [-0.25, -0.2) is 0 Å². The number of benzene rings is 1. The third-order valence-corrected chi connectivity index (χ3v) is 4.23. The second kappa shape index (κ2) is 4.94. The molecule has 1 aliphatic rings. The summed E-state index contributed by atoms with van der Waals surface area (Å²) in [6, 6.07) is 4.30. The third-order valence-electron chi connectivity index (χ3n) is 4.23. The van der Waals surface area contributed by atoms with Gasteiger partial charge in [-0.05, 0) is 37.0 Å². The SMILES string of the molecule is Cc1ccc(C)c2c1c(CCC(=O)O)c1n2CCNC1. The topological polar surface area (TPSA) is 54.3 Å². The minimum Gasteiger partial charge on any atom is -0.481 e. The number of carboxylic acids is 1. The molecular weight excluding hydrogens is 252 g/mol. The largest absolute Gasteiger partial charge is 0.481 e. The highest BCUT2D eigenvalue weighted by Gasteiger charge is 2.22. The van der Waals surface area contributed by atoms with Crippen molar-refractivity contribution in [3.63, 3.8) is 0 Å². The molecule has 0 spiro atoms. The van der Waals surface area contributed by atoms with Gasteiger partial charge in [-0.1, -0.05) is 12.1 Å². The standard InChI is InChI=1S/C16H20N2O2/c1-10-3-4-11(2)16-15(10)12(5-6-14(19)20)13-9-17-7-8-18(13)16/h3-4,17H,5-9H2,1-2H3,(H,19,20). The van der Waals surface area contributed by atoms with Gasteiger partial charge < -0.3 is 15.0 Å². The van der Waals surface area contributed by atoms with Gasteiger partial charge >= 0.3 is 5.97 Å². The van der Waals surface area contributed by atoms with Crippen molar-refractivity contribution in [2.75, 3.05) is 6.54 Å². The Bertz CT molecular complexity index is 686. The van der Waals surface area contributed by atoms with Crippen LogP contribution in [0.5, 0.6) is 0 Å². The molecule has 0 saturated heterocycles. The molecule has 1 aromatic heterocycles. The van der Waals surface area contributed by atoms with Gasteiger partial charge in [0.2, 0.25) is 0 Å². The summed E-state index contributed by atoms with van der Waals surface area (Å²) in [4.78, 5) is 10.9. The van der Waals surface area contributed by atoms with E-state index in [0.717, 1.165) is 19.6 Å². The van der Waals surface area contributed by atoms with Crippen LogP contribution < -0.4 is 5.32 Å². The van der Waals surface area contributed by atoms with Crippen LogP contribution in [-0.2, 0) is 24.3 Å². The fourth-order valence-electron chi connectivity index (χ4n) is 3.31. The molecule has 0 radical (unpaired) electrons. The Morgan fingerprint density at radius 2 is 2.10 bits per heavy atom. The molecule has 0 saturated carbocycles. The van der Waals surface area contributed by atoms with Crippen LogP contribution in [0.3, 0.4) is 0 Å². The van der Waals surface area contributed by atoms with Crippen LogP contribution in [0.15, 0.2) is 12.1 Å². The van der Waals surface area contributed by atoms with E-state index in [4.69, 9.17) is 5.11 Å². The van der Waals surface area contributed by atoms with E-state index < -0.39 is 5.97 Å². The zero-order valence-electron chi connectivity index (χ0n) is 12.0. The van der Waals surface area contributed by atoms with Gasteiger partial charge in [-0.15, -0.1) is 0 Å². The summed E-state index contributed by atoms with van der Waals surface area (Å²) in [5.74, 6) is -0.729. The Balaban J connectivity index is 2.25. The van der Waals surface area contributed by atoms with E-state index in [1.165, 1.54) is 33.3 Å². The van der Waals surface area contributed by atoms with E-state index in [-0.39, 0.29) is 6.42 Å². The Morgan fingerprint density at radius 3 is 2.85 bits per heavy atom. The Kier molecular flexibility index (Phi) is 3.26. The fraction of sp³-hybridized carbons (Fsp3) is 0.438. The maximum atomic E-state index is 10.9. The first-order valence-electron chi connectivity index (χ1n) is 7.12. The first-order chi connectivity index (χ1) is 9.59. The maximum absolute atomic E-state index is 10.9. The van der Waals surface area contributed by atoms with Crippen molar-refractivity contribution in [3.8, 4) is 0 Å². The summed E-state index contributed by atoms with van der Waals surface area (Å²) in [6.45, 7) is 7.03. The molecule has 2 N–H and O–H groups in total. The minimum atomic E-state index is -0.729. The first-order valence-corrected chi connectivity index (χ1v) is 7.12. The monoisotopic (exact) mass is 272 g/mol. The van der Waals surface area contributed by atoms with Gasteiger partial charge in [-0.2, -0.15) is 0 Å². The number of aryl methyl sites for hydroxylation is 3. The number of hydrogen-bond acceptors (Lipinski definition) is 2. The van der Waals surface area contributed by atoms with Gasteiger partial charge in [0, 0.05) is 37.1 Å². The lowest BCUT2D eigenvalue weighted by molar-refractivity contribution is -0.136. The molecule has 4 nitrogen and oxygen atoms in total. The lowest BCUT2D eigenvalue weighted by Crippen LogP contribution is -2.28. The highest BCUT2D eigenvalue weighted by molar-refractivity contribution is 5.91. The normalized spacial score (nSPS) is 14.5. The summed E-state index contributed by atoms with van der Waals surface area (Å²) in [6.07, 6.45) is 0.805. The highest BCUT2D eigenvalue weighted by atomic mass is 16.4. The summed E-state index contributed by atoms with van der Waals surface area (Å²) < 4.78 is 2.38. The van der Waals surface area contributed by atoms with E-state index >= 15 is 0 Å². The molecule has 0 atom stereocenters. The second-order valence-electron chi connectivity index (χ2n) is 5.57. The van der Waals surface area contributed by atoms with Gasteiger partial charge in [0.1, 0.15) is 0 Å². The van der Waals surface area contributed by atoms with Crippen molar-refractivity contribution in [3.05, 3.63) is 34.5 Å². The molecule has 2 heterocycles. The van der Waals surface area contributed by atoms with Crippen molar-refractivity contribution in [1.29, 1.82) is 0 Å². The summed E-state index contributed by atoms with van der Waals surface area (Å²) >= 11 is 0. The number of aromatic nitrogens is 1. The quantitative estimate of drug-likeness (QED) is 0.902. The average Bonchev–Trinajstić information content (AvgIpc) is 2.76. The van der Waals surface area contributed by atoms with E-state index in [9.17, 15) is 4.79 Å². The molecule has 1 aliphatic heterocycles. The second-order valence-corrected chi connectivity index (χ2v) is 5.57.